The summed E-state index contributed by atoms with van der Waals surface area (Å²) in [4.78, 5) is 24.9. The monoisotopic (exact) mass is 942 g/mol. The summed E-state index contributed by atoms with van der Waals surface area (Å²) in [6.07, 6.45) is 15.5. The van der Waals surface area contributed by atoms with Crippen molar-refractivity contribution in [1.29, 1.82) is 0 Å². The summed E-state index contributed by atoms with van der Waals surface area (Å²) in [7, 11) is 0. The largest absolute Gasteiger partial charge is 0.447 e. The van der Waals surface area contributed by atoms with Crippen LogP contribution in [0.4, 0.5) is 0 Å². The Morgan fingerprint density at radius 1 is 0.293 bits per heavy atom. The third-order valence-electron chi connectivity index (χ3n) is 6.93. The summed E-state index contributed by atoms with van der Waals surface area (Å²) in [5, 5.41) is 11.4. The first-order chi connectivity index (χ1) is 36.4. The Hall–Kier alpha value is -13.9. The molecule has 332 valence electrons. The molecule has 0 atom stereocenters. The van der Waals surface area contributed by atoms with Crippen LogP contribution in [0.1, 0.15) is 34.6 Å². The van der Waals surface area contributed by atoms with Gasteiger partial charge in [0.15, 0.2) is 0 Å². The van der Waals surface area contributed by atoms with Crippen molar-refractivity contribution in [3.8, 4) is 333 Å². The predicted molar refractivity (Wildman–Crippen MR) is 289 cm³/mol. The van der Waals surface area contributed by atoms with Gasteiger partial charge < -0.3 is 14.6 Å². The molecule has 0 rings (SSSR count). The average Bonchev–Trinajstić information content (AvgIpc) is 3.37. The van der Waals surface area contributed by atoms with Crippen molar-refractivity contribution in [1.82, 2.24) is 0 Å². The van der Waals surface area contributed by atoms with Gasteiger partial charge in [0.05, 0.1) is 0 Å². The second-order valence-corrected chi connectivity index (χ2v) is 12.4. The molecule has 0 aliphatic rings. The molecule has 0 aliphatic carbocycles. The molecular formula is C70H22O5. The van der Waals surface area contributed by atoms with Crippen LogP contribution in [0.3, 0.4) is 0 Å². The summed E-state index contributed by atoms with van der Waals surface area (Å²) in [6, 6.07) is 0. The van der Waals surface area contributed by atoms with Crippen LogP contribution in [-0.2, 0) is 19.1 Å². The third-order valence-corrected chi connectivity index (χ3v) is 6.93. The quantitative estimate of drug-likeness (QED) is 0.265. The number of ether oxygens (including phenoxy) is 2. The lowest BCUT2D eigenvalue weighted by atomic mass is 9.75. The Morgan fingerprint density at radius 3 is 0.640 bits per heavy atom. The van der Waals surface area contributed by atoms with E-state index < -0.39 is 28.7 Å². The number of carbonyl (C=O) groups excluding carboxylic acids is 2. The topological polar surface area (TPSA) is 72.8 Å². The number of terminal acetylenes is 2. The van der Waals surface area contributed by atoms with E-state index >= 15 is 0 Å². The standard InChI is InChI=1S/C70H22O5/c1-8-10-12-14-16-18-20-22-24-26-28-30-32-34-36-38-40-42-44-46-48-50-52-54-56-58-60-62-64-66(71)74-68(3,4)70(7,73)69(5,6)75-67(72)65-63-61-59-57-55-53-51-49-47-45-43-41-39-37-35-33-31-29-27-25-23-21-19-17-15-13-11-9-2/h1-2,54-57,73H,3-7H3. The Labute approximate surface area is 442 Å². The molecule has 0 saturated heterocycles. The number of carbonyl (C=O) groups is 2. The van der Waals surface area contributed by atoms with Crippen LogP contribution in [-0.4, -0.2) is 33.8 Å². The van der Waals surface area contributed by atoms with Gasteiger partial charge in [0, 0.05) is 82.9 Å². The van der Waals surface area contributed by atoms with E-state index in [0.29, 0.717) is 0 Å². The molecule has 5 heteroatoms. The molecular weight excluding hydrogens is 921 g/mol. The molecule has 0 bridgehead atoms. The van der Waals surface area contributed by atoms with E-state index in [-0.39, 0.29) is 0 Å². The van der Waals surface area contributed by atoms with Crippen molar-refractivity contribution in [2.45, 2.75) is 51.4 Å². The Balaban J connectivity index is 5.00. The fourth-order valence-corrected chi connectivity index (χ4v) is 3.34. The van der Waals surface area contributed by atoms with E-state index in [1.54, 1.807) is 0 Å². The SMILES string of the molecule is C#CC#CC#CC#CC#CC#CC#CC#CC#CC#CC#CC#CC=CC#CC#CC(=O)OC(C)(C)C(C)(O)C(C)(C)OC(=O)C#CC#CC=CC#CC#CC#CC#CC#CC#CC#CC#CC#CC#CC#CC#C. The van der Waals surface area contributed by atoms with Crippen molar-refractivity contribution in [2.24, 2.45) is 0 Å². The van der Waals surface area contributed by atoms with Gasteiger partial charge in [-0.05, 0) is 272 Å². The van der Waals surface area contributed by atoms with Crippen molar-refractivity contribution in [3.05, 3.63) is 24.3 Å². The second-order valence-electron chi connectivity index (χ2n) is 12.4. The third kappa shape index (κ3) is 36.9. The van der Waals surface area contributed by atoms with Crippen molar-refractivity contribution in [3.63, 3.8) is 0 Å². The molecule has 0 unspecified atom stereocenters. The lowest BCUT2D eigenvalue weighted by Crippen LogP contribution is -2.64. The highest BCUT2D eigenvalue weighted by atomic mass is 16.6. The van der Waals surface area contributed by atoms with Gasteiger partial charge in [-0.25, -0.2) is 9.59 Å². The Morgan fingerprint density at radius 2 is 0.453 bits per heavy atom. The first kappa shape index (κ1) is 61.1. The van der Waals surface area contributed by atoms with E-state index in [0.717, 1.165) is 0 Å². The van der Waals surface area contributed by atoms with Gasteiger partial charge in [0.2, 0.25) is 0 Å². The number of hydrogen-bond acceptors (Lipinski definition) is 5. The van der Waals surface area contributed by atoms with Crippen LogP contribution in [0.2, 0.25) is 0 Å². The molecule has 0 aromatic heterocycles. The van der Waals surface area contributed by atoms with Crippen LogP contribution in [0.15, 0.2) is 24.3 Å². The van der Waals surface area contributed by atoms with Gasteiger partial charge in [-0.2, -0.15) is 0 Å². The van der Waals surface area contributed by atoms with Crippen LogP contribution < -0.4 is 0 Å². The molecule has 0 heterocycles. The first-order valence-corrected chi connectivity index (χ1v) is 19.8. The number of aliphatic hydroxyl groups is 1. The summed E-state index contributed by atoms with van der Waals surface area (Å²) in [5.74, 6) is 131. The normalized spacial score (nSPS) is 7.31. The average molecular weight is 943 g/mol. The van der Waals surface area contributed by atoms with Gasteiger partial charge in [-0.1, -0.05) is 23.7 Å². The molecule has 0 aromatic rings. The van der Waals surface area contributed by atoms with Crippen LogP contribution in [0, 0.1) is 333 Å². The van der Waals surface area contributed by atoms with Gasteiger partial charge in [-0.3, -0.25) is 0 Å². The van der Waals surface area contributed by atoms with Crippen molar-refractivity contribution in [2.75, 3.05) is 0 Å². The zero-order valence-electron chi connectivity index (χ0n) is 40.0. The summed E-state index contributed by atoms with van der Waals surface area (Å²) in [6.45, 7) is 7.04. The predicted octanol–water partition coefficient (Wildman–Crippen LogP) is 1.85. The number of esters is 2. The minimum atomic E-state index is -1.93. The van der Waals surface area contributed by atoms with Crippen LogP contribution in [0.5, 0.6) is 0 Å². The first-order valence-electron chi connectivity index (χ1n) is 19.8. The number of rotatable bonds is 4. The molecule has 0 fully saturated rings. The molecule has 0 amide bonds. The fourth-order valence-electron chi connectivity index (χ4n) is 3.34. The molecule has 0 radical (unpaired) electrons. The highest BCUT2D eigenvalue weighted by Gasteiger charge is 2.55. The van der Waals surface area contributed by atoms with Crippen molar-refractivity contribution < 1.29 is 24.2 Å². The second kappa shape index (κ2) is 42.7. The van der Waals surface area contributed by atoms with Crippen molar-refractivity contribution >= 4 is 11.9 Å². The molecule has 5 nitrogen and oxygen atoms in total. The van der Waals surface area contributed by atoms with E-state index in [2.05, 4.69) is 320 Å². The Bertz CT molecular complexity index is 4030. The lowest BCUT2D eigenvalue weighted by molar-refractivity contribution is -0.234. The minimum absolute atomic E-state index is 0.989. The summed E-state index contributed by atoms with van der Waals surface area (Å²) in [5.41, 5.74) is -5.14. The number of hydrogen-bond donors (Lipinski definition) is 1. The van der Waals surface area contributed by atoms with Gasteiger partial charge in [0.25, 0.3) is 0 Å². The highest BCUT2D eigenvalue weighted by molar-refractivity contribution is 5.90. The zero-order chi connectivity index (χ0) is 55.1. The maximum atomic E-state index is 12.5. The van der Waals surface area contributed by atoms with Gasteiger partial charge in [-0.15, -0.1) is 12.8 Å². The minimum Gasteiger partial charge on any atom is -0.447 e. The van der Waals surface area contributed by atoms with E-state index in [1.807, 2.05) is 0 Å². The molecule has 0 spiro atoms. The molecule has 1 N–H and O–H groups in total. The summed E-state index contributed by atoms with van der Waals surface area (Å²) >= 11 is 0. The molecule has 0 saturated carbocycles. The number of allylic oxidation sites excluding steroid dienone is 4. The van der Waals surface area contributed by atoms with Crippen LogP contribution >= 0.6 is 0 Å². The van der Waals surface area contributed by atoms with Gasteiger partial charge in [0.1, 0.15) is 16.8 Å². The maximum Gasteiger partial charge on any atom is 0.385 e. The fraction of sp³-hybridized carbons (Fsp3) is 0.114. The van der Waals surface area contributed by atoms with Crippen LogP contribution in [0.25, 0.3) is 0 Å². The molecule has 0 aliphatic heterocycles. The smallest absolute Gasteiger partial charge is 0.385 e. The van der Waals surface area contributed by atoms with E-state index in [1.165, 1.54) is 58.9 Å². The molecule has 75 heavy (non-hydrogen) atoms. The van der Waals surface area contributed by atoms with Gasteiger partial charge >= 0.3 is 11.9 Å². The molecule has 0 aromatic carbocycles. The highest BCUT2D eigenvalue weighted by Crippen LogP contribution is 2.37. The van der Waals surface area contributed by atoms with E-state index in [4.69, 9.17) is 22.3 Å². The Kier molecular flexibility index (Phi) is 34.7. The summed E-state index contributed by atoms with van der Waals surface area (Å²) < 4.78 is 10.8. The van der Waals surface area contributed by atoms with E-state index in [9.17, 15) is 14.7 Å². The zero-order valence-corrected chi connectivity index (χ0v) is 40.0. The lowest BCUT2D eigenvalue weighted by Gasteiger charge is -2.47. The maximum absolute atomic E-state index is 12.5.